The normalized spacial score (nSPS) is 13.5. The van der Waals surface area contributed by atoms with Crippen molar-refractivity contribution in [3.63, 3.8) is 0 Å². The number of hydrogen-bond donors (Lipinski definition) is 1. The Morgan fingerprint density at radius 2 is 1.32 bits per heavy atom. The molecule has 0 aliphatic carbocycles. The summed E-state index contributed by atoms with van der Waals surface area (Å²) < 4.78 is 2.47. The molecule has 44 heavy (non-hydrogen) atoms. The highest BCUT2D eigenvalue weighted by Gasteiger charge is 2.23. The van der Waals surface area contributed by atoms with Gasteiger partial charge in [-0.15, -0.1) is 0 Å². The van der Waals surface area contributed by atoms with Gasteiger partial charge in [0.1, 0.15) is 0 Å². The molecule has 2 nitrogen and oxygen atoms in total. The number of rotatable bonds is 10. The smallest absolute Gasteiger partial charge is 0.0496 e. The minimum atomic E-state index is -0.00159. The van der Waals surface area contributed by atoms with Gasteiger partial charge >= 0.3 is 0 Å². The summed E-state index contributed by atoms with van der Waals surface area (Å²) in [5, 5.41) is 6.57. The number of nitrogens with zero attached hydrogens (tertiary/aromatic N) is 1. The van der Waals surface area contributed by atoms with Gasteiger partial charge < -0.3 is 9.88 Å². The van der Waals surface area contributed by atoms with Gasteiger partial charge in [0.25, 0.3) is 0 Å². The maximum absolute atomic E-state index is 3.95. The number of hydrogen-bond acceptors (Lipinski definition) is 1. The third kappa shape index (κ3) is 6.36. The third-order valence-electron chi connectivity index (χ3n) is 8.84. The zero-order valence-corrected chi connectivity index (χ0v) is 26.5. The first-order valence-electron chi connectivity index (χ1n) is 16.0. The van der Waals surface area contributed by atoms with E-state index in [1.807, 2.05) is 0 Å². The Morgan fingerprint density at radius 3 is 2.02 bits per heavy atom. The Morgan fingerprint density at radius 1 is 0.682 bits per heavy atom. The van der Waals surface area contributed by atoms with Gasteiger partial charge in [-0.25, -0.2) is 0 Å². The highest BCUT2D eigenvalue weighted by Crippen LogP contribution is 2.37. The van der Waals surface area contributed by atoms with Crippen LogP contribution in [0.4, 0.5) is 5.69 Å². The monoisotopic (exact) mass is 576 g/mol. The molecular weight excluding hydrogens is 532 g/mol. The average Bonchev–Trinajstić information content (AvgIpc) is 3.39. The van der Waals surface area contributed by atoms with Gasteiger partial charge in [0, 0.05) is 45.0 Å². The number of nitrogens with one attached hydrogen (secondary N) is 1. The maximum atomic E-state index is 3.95. The number of benzene rings is 5. The van der Waals surface area contributed by atoms with E-state index in [2.05, 4.69) is 177 Å². The van der Waals surface area contributed by atoms with Gasteiger partial charge in [-0.05, 0) is 99.5 Å². The summed E-state index contributed by atoms with van der Waals surface area (Å²) >= 11 is 0. The van der Waals surface area contributed by atoms with Crippen molar-refractivity contribution in [1.29, 1.82) is 0 Å². The van der Waals surface area contributed by atoms with Crippen LogP contribution in [0, 0.1) is 0 Å². The minimum absolute atomic E-state index is 0.00159. The van der Waals surface area contributed by atoms with Crippen molar-refractivity contribution in [1.82, 2.24) is 4.57 Å². The van der Waals surface area contributed by atoms with Crippen LogP contribution in [0.2, 0.25) is 0 Å². The van der Waals surface area contributed by atoms with Gasteiger partial charge in [0.15, 0.2) is 0 Å². The largest absolute Gasteiger partial charge is 0.381 e. The van der Waals surface area contributed by atoms with E-state index in [0.29, 0.717) is 5.92 Å². The van der Waals surface area contributed by atoms with Crippen molar-refractivity contribution < 1.29 is 0 Å². The number of aromatic nitrogens is 1. The van der Waals surface area contributed by atoms with Crippen LogP contribution >= 0.6 is 0 Å². The second kappa shape index (κ2) is 13.0. The van der Waals surface area contributed by atoms with E-state index >= 15 is 0 Å². The van der Waals surface area contributed by atoms with Crippen molar-refractivity contribution >= 4 is 27.5 Å². The summed E-state index contributed by atoms with van der Waals surface area (Å²) in [6, 6.07) is 46.9. The highest BCUT2D eigenvalue weighted by atomic mass is 15.0. The quantitative estimate of drug-likeness (QED) is 0.161. The lowest BCUT2D eigenvalue weighted by molar-refractivity contribution is 0.423. The van der Waals surface area contributed by atoms with Crippen molar-refractivity contribution in [2.24, 2.45) is 0 Å². The molecule has 2 heteroatoms. The van der Waals surface area contributed by atoms with Crippen molar-refractivity contribution in [2.45, 2.75) is 64.5 Å². The van der Waals surface area contributed by atoms with Crippen LogP contribution in [-0.4, -0.2) is 10.6 Å². The van der Waals surface area contributed by atoms with E-state index in [1.165, 1.54) is 44.1 Å². The lowest BCUT2D eigenvalue weighted by Gasteiger charge is -2.29. The Balaban J connectivity index is 1.29. The Labute approximate surface area is 263 Å². The Hall–Kier alpha value is -4.56. The Bertz CT molecular complexity index is 1840. The van der Waals surface area contributed by atoms with Crippen LogP contribution < -0.4 is 5.32 Å². The summed E-state index contributed by atoms with van der Waals surface area (Å²) in [4.78, 5) is 0. The molecule has 0 spiro atoms. The first kappa shape index (κ1) is 29.5. The summed E-state index contributed by atoms with van der Waals surface area (Å²) in [7, 11) is 0. The molecule has 0 radical (unpaired) electrons. The topological polar surface area (TPSA) is 17.0 Å². The van der Waals surface area contributed by atoms with E-state index < -0.39 is 0 Å². The van der Waals surface area contributed by atoms with Gasteiger partial charge in [-0.1, -0.05) is 109 Å². The molecule has 0 fully saturated rings. The molecule has 1 aromatic heterocycles. The maximum Gasteiger partial charge on any atom is 0.0496 e. The zero-order chi connectivity index (χ0) is 30.5. The summed E-state index contributed by atoms with van der Waals surface area (Å²) in [5.41, 5.74) is 9.01. The van der Waals surface area contributed by atoms with Gasteiger partial charge in [-0.2, -0.15) is 0 Å². The predicted molar refractivity (Wildman–Crippen MR) is 191 cm³/mol. The molecular formula is C42H44N2. The lowest BCUT2D eigenvalue weighted by atomic mass is 9.84. The van der Waals surface area contributed by atoms with E-state index in [0.717, 1.165) is 24.9 Å². The molecule has 6 aromatic rings. The van der Waals surface area contributed by atoms with Gasteiger partial charge in [0.05, 0.1) is 0 Å². The van der Waals surface area contributed by atoms with E-state index in [4.69, 9.17) is 0 Å². The molecule has 1 heterocycles. The SMILES string of the molecule is C/C=C\CC(Nc1ccc(-c2ccc3c(c2)c2ccccc2n3C(C)(C)C)cc1)C(CCc1ccccc1)c1ccccc1. The fraction of sp³-hybridized carbons (Fsp3) is 0.238. The molecule has 0 bridgehead atoms. The van der Waals surface area contributed by atoms with E-state index in [1.54, 1.807) is 0 Å². The third-order valence-corrected chi connectivity index (χ3v) is 8.84. The molecule has 1 N–H and O–H groups in total. The van der Waals surface area contributed by atoms with Gasteiger partial charge in [-0.3, -0.25) is 0 Å². The van der Waals surface area contributed by atoms with E-state index in [9.17, 15) is 0 Å². The first-order chi connectivity index (χ1) is 21.4. The molecule has 2 unspecified atom stereocenters. The van der Waals surface area contributed by atoms with Crippen LogP contribution in [0.1, 0.15) is 57.6 Å². The Kier molecular flexibility index (Phi) is 8.70. The summed E-state index contributed by atoms with van der Waals surface area (Å²) in [5.74, 6) is 0.384. The van der Waals surface area contributed by atoms with Crippen LogP contribution in [0.3, 0.4) is 0 Å². The van der Waals surface area contributed by atoms with E-state index in [-0.39, 0.29) is 11.6 Å². The summed E-state index contributed by atoms with van der Waals surface area (Å²) in [6.07, 6.45) is 7.59. The fourth-order valence-corrected chi connectivity index (χ4v) is 6.72. The summed E-state index contributed by atoms with van der Waals surface area (Å²) in [6.45, 7) is 8.97. The van der Waals surface area contributed by atoms with Crippen molar-refractivity contribution in [3.8, 4) is 11.1 Å². The number of fused-ring (bicyclic) bond motifs is 3. The van der Waals surface area contributed by atoms with Crippen LogP contribution in [0.5, 0.6) is 0 Å². The second-order valence-corrected chi connectivity index (χ2v) is 12.9. The lowest BCUT2D eigenvalue weighted by Crippen LogP contribution is -2.28. The van der Waals surface area contributed by atoms with Crippen molar-refractivity contribution in [3.05, 3.63) is 151 Å². The number of para-hydroxylation sites is 1. The molecule has 0 saturated carbocycles. The molecule has 0 aliphatic rings. The fourth-order valence-electron chi connectivity index (χ4n) is 6.72. The second-order valence-electron chi connectivity index (χ2n) is 12.9. The molecule has 222 valence electrons. The first-order valence-corrected chi connectivity index (χ1v) is 16.0. The van der Waals surface area contributed by atoms with Crippen molar-refractivity contribution in [2.75, 3.05) is 5.32 Å². The molecule has 0 amide bonds. The molecule has 0 saturated heterocycles. The van der Waals surface area contributed by atoms with Gasteiger partial charge in [0.2, 0.25) is 0 Å². The highest BCUT2D eigenvalue weighted by molar-refractivity contribution is 6.09. The molecule has 0 aliphatic heterocycles. The molecule has 5 aromatic carbocycles. The number of anilines is 1. The number of aryl methyl sites for hydroxylation is 1. The minimum Gasteiger partial charge on any atom is -0.381 e. The predicted octanol–water partition coefficient (Wildman–Crippen LogP) is 11.4. The molecule has 2 atom stereocenters. The standard InChI is InChI=1S/C42H44N2/c1-5-6-20-39(36(33-17-11-8-12-18-33)28-22-31-15-9-7-10-16-31)43-35-26-23-32(24-27-35)34-25-29-41-38(30-34)37-19-13-14-21-40(37)44(41)42(2,3)4/h5-19,21,23-27,29-30,36,39,43H,20,22,28H2,1-4H3/b6-5-. The van der Waals surface area contributed by atoms with Crippen LogP contribution in [-0.2, 0) is 12.0 Å². The van der Waals surface area contributed by atoms with Crippen LogP contribution in [0.25, 0.3) is 32.9 Å². The average molecular weight is 577 g/mol. The molecule has 6 rings (SSSR count). The number of allylic oxidation sites excluding steroid dienone is 1. The zero-order valence-electron chi connectivity index (χ0n) is 26.5. The van der Waals surface area contributed by atoms with Crippen LogP contribution in [0.15, 0.2) is 140 Å².